The number of halogens is 2. The SMILES string of the molecule is CCCn1ccnc1C(NN)c1cccc(OC(F)F)c1. The molecule has 0 saturated carbocycles. The third-order valence-electron chi connectivity index (χ3n) is 3.05. The zero-order valence-corrected chi connectivity index (χ0v) is 11.7. The number of nitrogens with one attached hydrogen (secondary N) is 1. The van der Waals surface area contributed by atoms with Crippen LogP contribution in [0.25, 0.3) is 0 Å². The molecule has 1 aromatic carbocycles. The van der Waals surface area contributed by atoms with E-state index in [1.807, 2.05) is 10.8 Å². The van der Waals surface area contributed by atoms with Gasteiger partial charge in [0.25, 0.3) is 0 Å². The topological polar surface area (TPSA) is 65.1 Å². The van der Waals surface area contributed by atoms with Gasteiger partial charge in [0.15, 0.2) is 0 Å². The Labute approximate surface area is 121 Å². The van der Waals surface area contributed by atoms with E-state index >= 15 is 0 Å². The minimum atomic E-state index is -2.85. The van der Waals surface area contributed by atoms with Crippen LogP contribution in [0.2, 0.25) is 0 Å². The van der Waals surface area contributed by atoms with Gasteiger partial charge in [0, 0.05) is 18.9 Å². The molecule has 0 bridgehead atoms. The highest BCUT2D eigenvalue weighted by Gasteiger charge is 2.18. The summed E-state index contributed by atoms with van der Waals surface area (Å²) in [7, 11) is 0. The lowest BCUT2D eigenvalue weighted by atomic mass is 10.1. The van der Waals surface area contributed by atoms with Gasteiger partial charge >= 0.3 is 6.61 Å². The van der Waals surface area contributed by atoms with Gasteiger partial charge in [0.1, 0.15) is 17.6 Å². The zero-order valence-electron chi connectivity index (χ0n) is 11.7. The van der Waals surface area contributed by atoms with E-state index in [2.05, 4.69) is 22.1 Å². The number of hydrogen-bond acceptors (Lipinski definition) is 4. The lowest BCUT2D eigenvalue weighted by Crippen LogP contribution is -2.31. The molecule has 0 fully saturated rings. The molecule has 2 rings (SSSR count). The first-order chi connectivity index (χ1) is 10.2. The van der Waals surface area contributed by atoms with Crippen LogP contribution in [-0.4, -0.2) is 16.2 Å². The van der Waals surface area contributed by atoms with E-state index in [1.54, 1.807) is 18.3 Å². The predicted octanol–water partition coefficient (Wildman–Crippen LogP) is 2.45. The minimum Gasteiger partial charge on any atom is -0.435 e. The van der Waals surface area contributed by atoms with Crippen molar-refractivity contribution in [3.8, 4) is 5.75 Å². The molecule has 1 aromatic heterocycles. The fourth-order valence-corrected chi connectivity index (χ4v) is 2.20. The van der Waals surface area contributed by atoms with Gasteiger partial charge in [-0.15, -0.1) is 0 Å². The highest BCUT2D eigenvalue weighted by atomic mass is 19.3. The quantitative estimate of drug-likeness (QED) is 0.608. The number of hydrogen-bond donors (Lipinski definition) is 2. The van der Waals surface area contributed by atoms with Gasteiger partial charge < -0.3 is 9.30 Å². The first-order valence-corrected chi connectivity index (χ1v) is 6.67. The van der Waals surface area contributed by atoms with Crippen LogP contribution < -0.4 is 16.0 Å². The average molecular weight is 296 g/mol. The Morgan fingerprint density at radius 2 is 2.24 bits per heavy atom. The Hall–Kier alpha value is -1.99. The first kappa shape index (κ1) is 15.4. The molecule has 0 aliphatic carbocycles. The van der Waals surface area contributed by atoms with Crippen LogP contribution in [0, 0.1) is 0 Å². The second kappa shape index (κ2) is 7.14. The summed E-state index contributed by atoms with van der Waals surface area (Å²) in [5, 5.41) is 0. The van der Waals surface area contributed by atoms with Crippen molar-refractivity contribution < 1.29 is 13.5 Å². The third kappa shape index (κ3) is 3.77. The van der Waals surface area contributed by atoms with E-state index in [0.29, 0.717) is 5.56 Å². The van der Waals surface area contributed by atoms with Crippen LogP contribution in [0.1, 0.15) is 30.8 Å². The summed E-state index contributed by atoms with van der Waals surface area (Å²) in [6.45, 7) is 0.0126. The lowest BCUT2D eigenvalue weighted by molar-refractivity contribution is -0.0498. The maximum atomic E-state index is 12.3. The number of nitrogens with two attached hydrogens (primary N) is 1. The lowest BCUT2D eigenvalue weighted by Gasteiger charge is -2.18. The largest absolute Gasteiger partial charge is 0.435 e. The molecule has 0 radical (unpaired) electrons. The maximum Gasteiger partial charge on any atom is 0.387 e. The van der Waals surface area contributed by atoms with Crippen LogP contribution in [-0.2, 0) is 6.54 Å². The molecular formula is C14H18F2N4O. The number of aromatic nitrogens is 2. The molecule has 0 saturated heterocycles. The molecule has 5 nitrogen and oxygen atoms in total. The van der Waals surface area contributed by atoms with Crippen LogP contribution in [0.15, 0.2) is 36.7 Å². The molecular weight excluding hydrogens is 278 g/mol. The summed E-state index contributed by atoms with van der Waals surface area (Å²) < 4.78 is 31.0. The summed E-state index contributed by atoms with van der Waals surface area (Å²) in [6, 6.07) is 6.04. The molecule has 114 valence electrons. The molecule has 3 N–H and O–H groups in total. The van der Waals surface area contributed by atoms with Gasteiger partial charge in [-0.05, 0) is 24.1 Å². The second-order valence-corrected chi connectivity index (χ2v) is 4.53. The number of ether oxygens (including phenoxy) is 1. The molecule has 0 aliphatic rings. The summed E-state index contributed by atoms with van der Waals surface area (Å²) in [6.07, 6.45) is 4.51. The third-order valence-corrected chi connectivity index (χ3v) is 3.05. The second-order valence-electron chi connectivity index (χ2n) is 4.53. The number of alkyl halides is 2. The van der Waals surface area contributed by atoms with Gasteiger partial charge in [0.05, 0.1) is 0 Å². The van der Waals surface area contributed by atoms with E-state index in [0.717, 1.165) is 18.8 Å². The van der Waals surface area contributed by atoms with E-state index in [4.69, 9.17) is 5.84 Å². The normalized spacial score (nSPS) is 12.6. The van der Waals surface area contributed by atoms with Crippen molar-refractivity contribution >= 4 is 0 Å². The molecule has 1 atom stereocenters. The monoisotopic (exact) mass is 296 g/mol. The summed E-state index contributed by atoms with van der Waals surface area (Å²) in [5.41, 5.74) is 3.38. The Bertz CT molecular complexity index is 574. The smallest absolute Gasteiger partial charge is 0.387 e. The standard InChI is InChI=1S/C14H18F2N4O/c1-2-7-20-8-6-18-13(20)12(19-17)10-4-3-5-11(9-10)21-14(15)16/h3-6,8-9,12,14,19H,2,7,17H2,1H3. The molecule has 1 unspecified atom stereocenters. The number of aryl methyl sites for hydroxylation is 1. The van der Waals surface area contributed by atoms with Gasteiger partial charge in [-0.1, -0.05) is 19.1 Å². The van der Waals surface area contributed by atoms with Crippen molar-refractivity contribution in [2.75, 3.05) is 0 Å². The predicted molar refractivity (Wildman–Crippen MR) is 74.8 cm³/mol. The fourth-order valence-electron chi connectivity index (χ4n) is 2.20. The molecule has 21 heavy (non-hydrogen) atoms. The summed E-state index contributed by atoms with van der Waals surface area (Å²) in [4.78, 5) is 4.30. The van der Waals surface area contributed by atoms with Gasteiger partial charge in [-0.2, -0.15) is 8.78 Å². The number of nitrogens with zero attached hydrogens (tertiary/aromatic N) is 2. The van der Waals surface area contributed by atoms with Crippen molar-refractivity contribution in [1.29, 1.82) is 0 Å². The molecule has 0 aliphatic heterocycles. The highest BCUT2D eigenvalue weighted by molar-refractivity contribution is 5.33. The minimum absolute atomic E-state index is 0.0938. The Morgan fingerprint density at radius 1 is 1.43 bits per heavy atom. The van der Waals surface area contributed by atoms with Crippen molar-refractivity contribution in [2.45, 2.75) is 32.5 Å². The van der Waals surface area contributed by atoms with Crippen LogP contribution in [0.4, 0.5) is 8.78 Å². The number of imidazole rings is 1. The zero-order chi connectivity index (χ0) is 15.2. The van der Waals surface area contributed by atoms with Gasteiger partial charge in [-0.25, -0.2) is 10.4 Å². The Balaban J connectivity index is 2.30. The maximum absolute atomic E-state index is 12.3. The van der Waals surface area contributed by atoms with Crippen molar-refractivity contribution in [2.24, 2.45) is 5.84 Å². The molecule has 2 aromatic rings. The van der Waals surface area contributed by atoms with Crippen molar-refractivity contribution in [3.63, 3.8) is 0 Å². The van der Waals surface area contributed by atoms with E-state index in [1.165, 1.54) is 12.1 Å². The van der Waals surface area contributed by atoms with Crippen molar-refractivity contribution in [1.82, 2.24) is 15.0 Å². The average Bonchev–Trinajstić information content (AvgIpc) is 2.88. The van der Waals surface area contributed by atoms with E-state index < -0.39 is 12.7 Å². The first-order valence-electron chi connectivity index (χ1n) is 6.67. The number of hydrazine groups is 1. The fraction of sp³-hybridized carbons (Fsp3) is 0.357. The highest BCUT2D eigenvalue weighted by Crippen LogP contribution is 2.24. The summed E-state index contributed by atoms with van der Waals surface area (Å²) in [5.74, 6) is 6.44. The summed E-state index contributed by atoms with van der Waals surface area (Å²) >= 11 is 0. The van der Waals surface area contributed by atoms with Crippen molar-refractivity contribution in [3.05, 3.63) is 48.0 Å². The Kier molecular flexibility index (Phi) is 5.24. The molecule has 1 heterocycles. The number of rotatable bonds is 7. The molecule has 7 heteroatoms. The van der Waals surface area contributed by atoms with Gasteiger partial charge in [-0.3, -0.25) is 5.84 Å². The Morgan fingerprint density at radius 3 is 2.90 bits per heavy atom. The van der Waals surface area contributed by atoms with Crippen LogP contribution in [0.5, 0.6) is 5.75 Å². The molecule has 0 amide bonds. The van der Waals surface area contributed by atoms with Crippen LogP contribution >= 0.6 is 0 Å². The molecule has 0 spiro atoms. The number of benzene rings is 1. The van der Waals surface area contributed by atoms with Gasteiger partial charge in [0.2, 0.25) is 0 Å². The van der Waals surface area contributed by atoms with E-state index in [-0.39, 0.29) is 5.75 Å². The van der Waals surface area contributed by atoms with Crippen LogP contribution in [0.3, 0.4) is 0 Å². The van der Waals surface area contributed by atoms with E-state index in [9.17, 15) is 8.78 Å².